The Bertz CT molecular complexity index is 536. The Morgan fingerprint density at radius 3 is 2.70 bits per heavy atom. The van der Waals surface area contributed by atoms with Crippen LogP contribution in [0.15, 0.2) is 4.42 Å². The molecule has 1 aliphatic heterocycles. The summed E-state index contributed by atoms with van der Waals surface area (Å²) in [5.41, 5.74) is -0.472. The van der Waals surface area contributed by atoms with E-state index in [4.69, 9.17) is 9.15 Å². The molecule has 2 rings (SSSR count). The minimum absolute atomic E-state index is 0.150. The van der Waals surface area contributed by atoms with Crippen molar-refractivity contribution in [1.82, 2.24) is 20.0 Å². The van der Waals surface area contributed by atoms with Crippen LogP contribution >= 0.6 is 0 Å². The quantitative estimate of drug-likeness (QED) is 0.848. The third kappa shape index (κ3) is 4.92. The summed E-state index contributed by atoms with van der Waals surface area (Å²) in [5.74, 6) is 1.54. The van der Waals surface area contributed by atoms with Crippen LogP contribution in [0.2, 0.25) is 0 Å². The van der Waals surface area contributed by atoms with E-state index >= 15 is 0 Å². The first-order valence-corrected chi connectivity index (χ1v) is 8.16. The van der Waals surface area contributed by atoms with E-state index in [0.717, 1.165) is 19.5 Å². The smallest absolute Gasteiger partial charge is 0.410 e. The van der Waals surface area contributed by atoms with Crippen molar-refractivity contribution in [3.05, 3.63) is 11.8 Å². The van der Waals surface area contributed by atoms with E-state index in [9.17, 15) is 4.79 Å². The van der Waals surface area contributed by atoms with E-state index in [1.54, 1.807) is 11.9 Å². The molecule has 0 radical (unpaired) electrons. The van der Waals surface area contributed by atoms with Crippen molar-refractivity contribution < 1.29 is 13.9 Å². The summed E-state index contributed by atoms with van der Waals surface area (Å²) < 4.78 is 11.1. The van der Waals surface area contributed by atoms with Gasteiger partial charge in [0.2, 0.25) is 11.8 Å². The van der Waals surface area contributed by atoms with Crippen molar-refractivity contribution >= 4 is 6.09 Å². The van der Waals surface area contributed by atoms with Gasteiger partial charge in [-0.1, -0.05) is 13.8 Å². The molecule has 1 saturated heterocycles. The van der Waals surface area contributed by atoms with Gasteiger partial charge in [-0.15, -0.1) is 10.2 Å². The Morgan fingerprint density at radius 2 is 2.13 bits per heavy atom. The number of hydrogen-bond donors (Lipinski definition) is 0. The van der Waals surface area contributed by atoms with Crippen LogP contribution in [0.5, 0.6) is 0 Å². The number of aromatic nitrogens is 2. The molecule has 2 heterocycles. The van der Waals surface area contributed by atoms with Crippen LogP contribution in [0.1, 0.15) is 58.7 Å². The van der Waals surface area contributed by atoms with E-state index < -0.39 is 5.60 Å². The third-order valence-corrected chi connectivity index (χ3v) is 3.81. The summed E-state index contributed by atoms with van der Waals surface area (Å²) in [6.45, 7) is 12.0. The molecular formula is C16H28N4O3. The fourth-order valence-electron chi connectivity index (χ4n) is 2.51. The number of carbonyl (C=O) groups excluding carboxylic acids is 1. The molecule has 1 amide bonds. The number of carbonyl (C=O) groups is 1. The molecule has 0 saturated carbocycles. The molecule has 1 fully saturated rings. The van der Waals surface area contributed by atoms with Crippen LogP contribution in [0.25, 0.3) is 0 Å². The van der Waals surface area contributed by atoms with Gasteiger partial charge in [-0.05, 0) is 27.2 Å². The van der Waals surface area contributed by atoms with Gasteiger partial charge in [-0.2, -0.15) is 0 Å². The molecule has 0 aliphatic carbocycles. The molecule has 1 aliphatic rings. The van der Waals surface area contributed by atoms with Gasteiger partial charge in [-0.25, -0.2) is 4.79 Å². The maximum absolute atomic E-state index is 12.1. The number of nitrogens with zero attached hydrogens (tertiary/aromatic N) is 4. The fraction of sp³-hybridized carbons (Fsp3) is 0.812. The first kappa shape index (κ1) is 17.7. The maximum Gasteiger partial charge on any atom is 0.410 e. The highest BCUT2D eigenvalue weighted by Crippen LogP contribution is 2.20. The summed E-state index contributed by atoms with van der Waals surface area (Å²) in [6, 6.07) is 0.150. The number of likely N-dealkylation sites (tertiary alicyclic amines) is 1. The second kappa shape index (κ2) is 6.86. The van der Waals surface area contributed by atoms with Gasteiger partial charge in [0.15, 0.2) is 0 Å². The lowest BCUT2D eigenvalue weighted by Crippen LogP contribution is -2.42. The molecule has 23 heavy (non-hydrogen) atoms. The van der Waals surface area contributed by atoms with Gasteiger partial charge in [0.25, 0.3) is 0 Å². The van der Waals surface area contributed by atoms with Crippen molar-refractivity contribution in [2.24, 2.45) is 0 Å². The Morgan fingerprint density at radius 1 is 1.43 bits per heavy atom. The maximum atomic E-state index is 12.1. The van der Waals surface area contributed by atoms with E-state index in [2.05, 4.69) is 15.1 Å². The topological polar surface area (TPSA) is 71.7 Å². The zero-order valence-corrected chi connectivity index (χ0v) is 15.0. The summed E-state index contributed by atoms with van der Waals surface area (Å²) in [7, 11) is 1.80. The van der Waals surface area contributed by atoms with E-state index in [1.807, 2.05) is 34.6 Å². The van der Waals surface area contributed by atoms with Gasteiger partial charge in [-0.3, -0.25) is 4.90 Å². The minimum Gasteiger partial charge on any atom is -0.444 e. The highest BCUT2D eigenvalue weighted by Gasteiger charge is 2.31. The molecule has 0 N–H and O–H groups in total. The highest BCUT2D eigenvalue weighted by molar-refractivity contribution is 5.68. The molecule has 7 heteroatoms. The Balaban J connectivity index is 1.86. The first-order chi connectivity index (χ1) is 10.7. The van der Waals surface area contributed by atoms with E-state index in [1.165, 1.54) is 0 Å². The molecule has 0 unspecified atom stereocenters. The second-order valence-electron chi connectivity index (χ2n) is 7.46. The predicted octanol–water partition coefficient (Wildman–Crippen LogP) is 2.63. The van der Waals surface area contributed by atoms with Crippen LogP contribution in [-0.4, -0.2) is 57.9 Å². The Labute approximate surface area is 138 Å². The molecule has 1 aromatic heterocycles. The zero-order valence-electron chi connectivity index (χ0n) is 15.0. The number of rotatable bonds is 4. The number of likely N-dealkylation sites (N-methyl/N-ethyl adjacent to an activating group) is 1. The third-order valence-electron chi connectivity index (χ3n) is 3.81. The van der Waals surface area contributed by atoms with Crippen molar-refractivity contribution in [2.75, 3.05) is 20.1 Å². The first-order valence-electron chi connectivity index (χ1n) is 8.16. The van der Waals surface area contributed by atoms with E-state index in [0.29, 0.717) is 18.3 Å². The average Bonchev–Trinajstić information content (AvgIpc) is 3.05. The summed E-state index contributed by atoms with van der Waals surface area (Å²) in [5, 5.41) is 8.14. The molecule has 130 valence electrons. The summed E-state index contributed by atoms with van der Waals surface area (Å²) in [4.78, 5) is 16.1. The van der Waals surface area contributed by atoms with Crippen molar-refractivity contribution in [1.29, 1.82) is 0 Å². The van der Waals surface area contributed by atoms with Gasteiger partial charge in [0.1, 0.15) is 5.60 Å². The van der Waals surface area contributed by atoms with Crippen LogP contribution in [-0.2, 0) is 11.3 Å². The molecule has 0 aromatic carbocycles. The number of amides is 1. The van der Waals surface area contributed by atoms with Crippen LogP contribution in [0, 0.1) is 0 Å². The van der Waals surface area contributed by atoms with Crippen molar-refractivity contribution in [3.8, 4) is 0 Å². The fourth-order valence-corrected chi connectivity index (χ4v) is 2.51. The highest BCUT2D eigenvalue weighted by atomic mass is 16.6. The van der Waals surface area contributed by atoms with Gasteiger partial charge in [0, 0.05) is 32.1 Å². The second-order valence-corrected chi connectivity index (χ2v) is 7.46. The molecule has 7 nitrogen and oxygen atoms in total. The summed E-state index contributed by atoms with van der Waals surface area (Å²) >= 11 is 0. The number of hydrogen-bond acceptors (Lipinski definition) is 6. The van der Waals surface area contributed by atoms with Gasteiger partial charge in [0.05, 0.1) is 6.54 Å². The molecule has 1 aromatic rings. The average molecular weight is 324 g/mol. The standard InChI is InChI=1S/C16H28N4O3/c1-11(2)14-18-17-13(22-14)10-20-8-7-12(9-20)19(6)15(21)23-16(3,4)5/h11-12H,7-10H2,1-6H3/t12-/m1/s1. The zero-order chi connectivity index (χ0) is 17.2. The minimum atomic E-state index is -0.472. The molecule has 1 atom stereocenters. The lowest BCUT2D eigenvalue weighted by molar-refractivity contribution is 0.0227. The number of ether oxygens (including phenoxy) is 1. The SMILES string of the molecule is CC(C)c1nnc(CN2CC[C@@H](N(C)C(=O)OC(C)(C)C)C2)o1. The predicted molar refractivity (Wildman–Crippen MR) is 86.1 cm³/mol. The monoisotopic (exact) mass is 324 g/mol. The van der Waals surface area contributed by atoms with Gasteiger partial charge < -0.3 is 14.1 Å². The summed E-state index contributed by atoms with van der Waals surface area (Å²) in [6.07, 6.45) is 0.644. The van der Waals surface area contributed by atoms with Crippen LogP contribution in [0.4, 0.5) is 4.79 Å². The Kier molecular flexibility index (Phi) is 5.29. The largest absolute Gasteiger partial charge is 0.444 e. The lowest BCUT2D eigenvalue weighted by atomic mass is 10.2. The molecular weight excluding hydrogens is 296 g/mol. The van der Waals surface area contributed by atoms with E-state index in [-0.39, 0.29) is 18.1 Å². The van der Waals surface area contributed by atoms with Crippen molar-refractivity contribution in [3.63, 3.8) is 0 Å². The van der Waals surface area contributed by atoms with Crippen molar-refractivity contribution in [2.45, 2.75) is 65.1 Å². The van der Waals surface area contributed by atoms with Crippen LogP contribution in [0.3, 0.4) is 0 Å². The Hall–Kier alpha value is -1.63. The molecule has 0 spiro atoms. The van der Waals surface area contributed by atoms with Gasteiger partial charge >= 0.3 is 6.09 Å². The lowest BCUT2D eigenvalue weighted by Gasteiger charge is -2.28. The van der Waals surface area contributed by atoms with Crippen LogP contribution < -0.4 is 0 Å². The molecule has 0 bridgehead atoms. The normalized spacial score (nSPS) is 19.3.